The van der Waals surface area contributed by atoms with Crippen molar-refractivity contribution >= 4 is 22.4 Å². The number of anilines is 1. The third-order valence-electron chi connectivity index (χ3n) is 5.99. The number of hydrogen-bond donors (Lipinski definition) is 2. The molecule has 1 fully saturated rings. The third kappa shape index (κ3) is 2.25. The van der Waals surface area contributed by atoms with Gasteiger partial charge in [-0.3, -0.25) is 9.78 Å². The Morgan fingerprint density at radius 2 is 1.85 bits per heavy atom. The predicted octanol–water partition coefficient (Wildman–Crippen LogP) is 2.67. The van der Waals surface area contributed by atoms with Crippen molar-refractivity contribution in [1.82, 2.24) is 4.98 Å². The molecule has 2 aliphatic rings. The van der Waals surface area contributed by atoms with E-state index in [1.165, 1.54) is 0 Å². The molecule has 0 saturated heterocycles. The van der Waals surface area contributed by atoms with Crippen molar-refractivity contribution in [3.05, 3.63) is 71.5 Å². The first-order chi connectivity index (χ1) is 13.1. The molecule has 0 bridgehead atoms. The fourth-order valence-electron chi connectivity index (χ4n) is 4.62. The Morgan fingerprint density at radius 1 is 1.11 bits per heavy atom. The first kappa shape index (κ1) is 16.4. The molecule has 27 heavy (non-hydrogen) atoms. The van der Waals surface area contributed by atoms with Gasteiger partial charge in [0.25, 0.3) is 0 Å². The van der Waals surface area contributed by atoms with Gasteiger partial charge in [0, 0.05) is 22.8 Å². The smallest absolute Gasteiger partial charge is 0.238 e. The highest BCUT2D eigenvalue weighted by atomic mass is 16.3. The lowest BCUT2D eigenvalue weighted by Gasteiger charge is -2.41. The average molecular weight is 360 g/mol. The van der Waals surface area contributed by atoms with Gasteiger partial charge in [-0.25, -0.2) is 0 Å². The molecule has 1 spiro atoms. The monoisotopic (exact) mass is 360 g/mol. The lowest BCUT2D eigenvalue weighted by Crippen LogP contribution is -2.51. The second-order valence-electron chi connectivity index (χ2n) is 7.48. The van der Waals surface area contributed by atoms with Crippen molar-refractivity contribution in [1.29, 1.82) is 0 Å². The van der Waals surface area contributed by atoms with E-state index in [9.17, 15) is 15.0 Å². The van der Waals surface area contributed by atoms with E-state index in [1.807, 2.05) is 48.5 Å². The number of fused-ring (bicyclic) bond motifs is 3. The van der Waals surface area contributed by atoms with Crippen LogP contribution in [0, 0.1) is 0 Å². The summed E-state index contributed by atoms with van der Waals surface area (Å²) in [4.78, 5) is 19.6. The van der Waals surface area contributed by atoms with Crippen LogP contribution in [0.25, 0.3) is 10.8 Å². The number of nitrogens with zero attached hydrogens (tertiary/aromatic N) is 2. The molecule has 1 aliphatic carbocycles. The average Bonchev–Trinajstić information content (AvgIpc) is 2.91. The second-order valence-corrected chi connectivity index (χ2v) is 7.48. The number of rotatable bonds is 3. The van der Waals surface area contributed by atoms with E-state index in [0.29, 0.717) is 25.1 Å². The van der Waals surface area contributed by atoms with E-state index in [2.05, 4.69) is 4.98 Å². The zero-order valence-corrected chi connectivity index (χ0v) is 14.8. The zero-order chi connectivity index (χ0) is 18.6. The highest BCUT2D eigenvalue weighted by Crippen LogP contribution is 2.53. The fourth-order valence-corrected chi connectivity index (χ4v) is 4.62. The molecule has 136 valence electrons. The lowest BCUT2D eigenvalue weighted by molar-refractivity contribution is -0.131. The summed E-state index contributed by atoms with van der Waals surface area (Å²) >= 11 is 0. The molecule has 5 heteroatoms. The number of benzene rings is 2. The number of carbonyl (C=O) groups is 1. The summed E-state index contributed by atoms with van der Waals surface area (Å²) in [7, 11) is 0. The molecule has 1 amide bonds. The van der Waals surface area contributed by atoms with Crippen LogP contribution >= 0.6 is 0 Å². The molecule has 2 N–H and O–H groups in total. The maximum atomic E-state index is 13.3. The highest BCUT2D eigenvalue weighted by Gasteiger charge is 2.58. The second kappa shape index (κ2) is 5.87. The number of aromatic nitrogens is 1. The van der Waals surface area contributed by atoms with Crippen LogP contribution < -0.4 is 4.90 Å². The lowest BCUT2D eigenvalue weighted by atomic mass is 9.63. The van der Waals surface area contributed by atoms with Crippen molar-refractivity contribution in [2.45, 2.75) is 37.5 Å². The van der Waals surface area contributed by atoms with Crippen LogP contribution in [0.5, 0.6) is 0 Å². The van der Waals surface area contributed by atoms with Crippen LogP contribution in [-0.4, -0.2) is 27.2 Å². The Hall–Kier alpha value is -2.76. The molecular formula is C22H20N2O3. The first-order valence-electron chi connectivity index (χ1n) is 9.20. The molecule has 0 unspecified atom stereocenters. The molecule has 3 aromatic rings. The maximum Gasteiger partial charge on any atom is 0.238 e. The molecule has 1 aliphatic heterocycles. The summed E-state index contributed by atoms with van der Waals surface area (Å²) in [5.41, 5.74) is 2.73. The van der Waals surface area contributed by atoms with Crippen molar-refractivity contribution in [3.8, 4) is 0 Å². The Labute approximate surface area is 156 Å². The summed E-state index contributed by atoms with van der Waals surface area (Å²) in [5, 5.41) is 21.8. The normalized spacial score (nSPS) is 23.7. The summed E-state index contributed by atoms with van der Waals surface area (Å²) in [6.07, 6.45) is 2.31. The Morgan fingerprint density at radius 3 is 2.63 bits per heavy atom. The van der Waals surface area contributed by atoms with Gasteiger partial charge in [-0.2, -0.15) is 0 Å². The number of aliphatic hydroxyl groups is 2. The minimum Gasteiger partial charge on any atom is -0.393 e. The van der Waals surface area contributed by atoms with Gasteiger partial charge in [-0.05, 0) is 29.9 Å². The number of aliphatic hydroxyl groups excluding tert-OH is 2. The van der Waals surface area contributed by atoms with Crippen LogP contribution in [0.4, 0.5) is 5.69 Å². The number of carbonyl (C=O) groups excluding carboxylic acids is 1. The van der Waals surface area contributed by atoms with E-state index >= 15 is 0 Å². The van der Waals surface area contributed by atoms with E-state index < -0.39 is 11.5 Å². The number of para-hydroxylation sites is 1. The largest absolute Gasteiger partial charge is 0.393 e. The van der Waals surface area contributed by atoms with Gasteiger partial charge in [0.15, 0.2) is 0 Å². The summed E-state index contributed by atoms with van der Waals surface area (Å²) in [6, 6.07) is 15.6. The molecule has 1 saturated carbocycles. The van der Waals surface area contributed by atoms with Crippen LogP contribution in [0.1, 0.15) is 29.7 Å². The van der Waals surface area contributed by atoms with Crippen LogP contribution in [0.15, 0.2) is 54.7 Å². The van der Waals surface area contributed by atoms with E-state index in [0.717, 1.165) is 27.6 Å². The first-order valence-corrected chi connectivity index (χ1v) is 9.20. The molecular weight excluding hydrogens is 340 g/mol. The minimum absolute atomic E-state index is 0.0212. The quantitative estimate of drug-likeness (QED) is 0.753. The summed E-state index contributed by atoms with van der Waals surface area (Å²) in [6.45, 7) is 0.186. The van der Waals surface area contributed by atoms with Gasteiger partial charge in [0.1, 0.15) is 0 Å². The number of hydrogen-bond acceptors (Lipinski definition) is 4. The highest BCUT2D eigenvalue weighted by molar-refractivity contribution is 6.09. The maximum absolute atomic E-state index is 13.3. The topological polar surface area (TPSA) is 73.7 Å². The number of pyridine rings is 1. The van der Waals surface area contributed by atoms with E-state index in [4.69, 9.17) is 0 Å². The molecule has 0 atom stereocenters. The minimum atomic E-state index is -0.605. The Bertz CT molecular complexity index is 1060. The standard InChI is InChI=1S/C22H20N2O3/c25-13-17-16-6-2-1-5-14(16)11-23-19(17)12-24-20-8-4-3-7-18(20)22(21(24)27)9-15(26)10-22/h1-8,11,15,25-26H,9-10,12-13H2. The molecule has 2 heterocycles. The summed E-state index contributed by atoms with van der Waals surface area (Å²) < 4.78 is 0. The van der Waals surface area contributed by atoms with E-state index in [-0.39, 0.29) is 12.5 Å². The van der Waals surface area contributed by atoms with Crippen molar-refractivity contribution in [2.24, 2.45) is 0 Å². The van der Waals surface area contributed by atoms with E-state index in [1.54, 1.807) is 11.1 Å². The molecule has 1 aromatic heterocycles. The Kier molecular flexibility index (Phi) is 3.57. The van der Waals surface area contributed by atoms with Gasteiger partial charge in [-0.15, -0.1) is 0 Å². The third-order valence-corrected chi connectivity index (χ3v) is 5.99. The van der Waals surface area contributed by atoms with Gasteiger partial charge in [0.2, 0.25) is 5.91 Å². The van der Waals surface area contributed by atoms with Gasteiger partial charge in [-0.1, -0.05) is 42.5 Å². The van der Waals surface area contributed by atoms with Crippen LogP contribution in [-0.2, 0) is 23.4 Å². The molecule has 0 radical (unpaired) electrons. The molecule has 5 nitrogen and oxygen atoms in total. The van der Waals surface area contributed by atoms with Crippen LogP contribution in [0.2, 0.25) is 0 Å². The van der Waals surface area contributed by atoms with Gasteiger partial charge in [0.05, 0.1) is 30.4 Å². The molecule has 5 rings (SSSR count). The summed E-state index contributed by atoms with van der Waals surface area (Å²) in [5.74, 6) is 0.0212. The Balaban J connectivity index is 1.59. The predicted molar refractivity (Wildman–Crippen MR) is 102 cm³/mol. The van der Waals surface area contributed by atoms with Gasteiger partial charge < -0.3 is 15.1 Å². The zero-order valence-electron chi connectivity index (χ0n) is 14.8. The fraction of sp³-hybridized carbons (Fsp3) is 0.273. The van der Waals surface area contributed by atoms with Crippen molar-refractivity contribution < 1.29 is 15.0 Å². The van der Waals surface area contributed by atoms with Crippen LogP contribution in [0.3, 0.4) is 0 Å². The van der Waals surface area contributed by atoms with Crippen molar-refractivity contribution in [2.75, 3.05) is 4.90 Å². The van der Waals surface area contributed by atoms with Crippen molar-refractivity contribution in [3.63, 3.8) is 0 Å². The van der Waals surface area contributed by atoms with Gasteiger partial charge >= 0.3 is 0 Å². The number of amides is 1. The SMILES string of the molecule is O=C1N(Cc2ncc3ccccc3c2CO)c2ccccc2C12CC(O)C2. The molecule has 2 aromatic carbocycles.